The fourth-order valence-corrected chi connectivity index (χ4v) is 7.38. The zero-order valence-electron chi connectivity index (χ0n) is 33.6. The molecule has 0 saturated carbocycles. The van der Waals surface area contributed by atoms with Crippen molar-refractivity contribution in [3.05, 3.63) is 12.3 Å². The molecule has 0 aromatic rings. The molecule has 0 radical (unpaired) electrons. The summed E-state index contributed by atoms with van der Waals surface area (Å²) in [6.45, 7) is 16.3. The third kappa shape index (κ3) is 17.3. The fraction of sp³-hybridized carbons (Fsp3) is 0.833. The Morgan fingerprint density at radius 1 is 0.731 bits per heavy atom. The van der Waals surface area contributed by atoms with Crippen LogP contribution in [0.4, 0.5) is 0 Å². The van der Waals surface area contributed by atoms with Crippen molar-refractivity contribution in [3.63, 3.8) is 0 Å². The molecular weight excluding hydrogens is 721 g/mol. The van der Waals surface area contributed by atoms with Gasteiger partial charge < -0.3 is 42.7 Å². The number of methoxy groups -OCH3 is 1. The van der Waals surface area contributed by atoms with Crippen molar-refractivity contribution in [2.24, 2.45) is 21.7 Å². The molecule has 4 unspecified atom stereocenters. The second-order valence-corrected chi connectivity index (χ2v) is 19.2. The molecule has 0 saturated heterocycles. The SMILES string of the molecule is C=C(OC)C(C)(C)CC(C)(CC(C)(CC)C(=O)OCCOC(=O)C(C)(C)CC(C)(Cl)C(=O)OCCOP(=O)(O)CCC[N+](C)(C)C)C(=O)OCCO. The number of allylic oxidation sites excluding steroid dienone is 1. The average molecular weight is 787 g/mol. The minimum Gasteiger partial charge on any atom is -0.501 e. The lowest BCUT2D eigenvalue weighted by Crippen LogP contribution is -2.43. The van der Waals surface area contributed by atoms with Crippen LogP contribution in [-0.2, 0) is 52.0 Å². The summed E-state index contributed by atoms with van der Waals surface area (Å²) in [6, 6.07) is 0. The molecule has 0 heterocycles. The van der Waals surface area contributed by atoms with E-state index in [2.05, 4.69) is 6.58 Å². The van der Waals surface area contributed by atoms with Crippen molar-refractivity contribution in [1.29, 1.82) is 0 Å². The first-order valence-electron chi connectivity index (χ1n) is 17.5. The molecule has 2 N–H and O–H groups in total. The molecule has 14 nitrogen and oxygen atoms in total. The molecule has 0 rings (SSSR count). The van der Waals surface area contributed by atoms with E-state index in [1.54, 1.807) is 34.6 Å². The van der Waals surface area contributed by atoms with E-state index in [0.717, 1.165) is 0 Å². The van der Waals surface area contributed by atoms with Crippen LogP contribution >= 0.6 is 19.2 Å². The zero-order valence-corrected chi connectivity index (χ0v) is 35.2. The molecule has 0 spiro atoms. The number of halogens is 1. The molecule has 0 fully saturated rings. The minimum atomic E-state index is -3.85. The summed E-state index contributed by atoms with van der Waals surface area (Å²) in [5.41, 5.74) is -4.24. The van der Waals surface area contributed by atoms with Crippen LogP contribution in [0.15, 0.2) is 12.3 Å². The molecule has 304 valence electrons. The highest BCUT2D eigenvalue weighted by atomic mass is 35.5. The van der Waals surface area contributed by atoms with Gasteiger partial charge in [-0.25, -0.2) is 0 Å². The number of quaternary nitrogens is 1. The van der Waals surface area contributed by atoms with E-state index in [1.165, 1.54) is 14.0 Å². The van der Waals surface area contributed by atoms with Crippen LogP contribution in [0.1, 0.15) is 87.5 Å². The predicted octanol–water partition coefficient (Wildman–Crippen LogP) is 5.25. The Morgan fingerprint density at radius 2 is 1.21 bits per heavy atom. The standard InChI is InChI=1S/C36H65ClNO13P/c1-14-34(7,26-35(8,30(42)47-18-17-39)24-32(3,4)27(2)46-13)29(41)49-20-19-48-28(40)33(5,6)25-36(9,37)31(43)50-21-22-51-52(44,45)23-15-16-38(10,11)12/h39H,2,14-26H2,1,3-13H3/p+1. The first-order valence-corrected chi connectivity index (χ1v) is 19.7. The molecule has 16 heteroatoms. The van der Waals surface area contributed by atoms with E-state index in [9.17, 15) is 33.7 Å². The lowest BCUT2D eigenvalue weighted by Gasteiger charge is -2.40. The van der Waals surface area contributed by atoms with E-state index in [-0.39, 0.29) is 65.1 Å². The Hall–Kier alpha value is -2.22. The number of rotatable bonds is 26. The molecule has 0 aliphatic rings. The maximum Gasteiger partial charge on any atom is 0.328 e. The second kappa shape index (κ2) is 20.5. The maximum absolute atomic E-state index is 13.4. The number of carbonyl (C=O) groups excluding carboxylic acids is 4. The van der Waals surface area contributed by atoms with Gasteiger partial charge in [-0.05, 0) is 60.3 Å². The molecule has 0 amide bonds. The molecule has 0 bridgehead atoms. The van der Waals surface area contributed by atoms with E-state index in [0.29, 0.717) is 29.6 Å². The number of carbonyl (C=O) groups is 4. The zero-order chi connectivity index (χ0) is 40.8. The van der Waals surface area contributed by atoms with E-state index in [1.807, 2.05) is 35.0 Å². The number of alkyl halides is 1. The average Bonchev–Trinajstić information content (AvgIpc) is 3.01. The highest BCUT2D eigenvalue weighted by Crippen LogP contribution is 2.47. The van der Waals surface area contributed by atoms with Gasteiger partial charge in [0, 0.05) is 11.8 Å². The number of nitrogens with zero attached hydrogens (tertiary/aromatic N) is 1. The van der Waals surface area contributed by atoms with Gasteiger partial charge in [0.05, 0.1) is 76.2 Å². The van der Waals surface area contributed by atoms with Gasteiger partial charge in [-0.15, -0.1) is 11.6 Å². The Labute approximate surface area is 315 Å². The number of esters is 4. The predicted molar refractivity (Wildman–Crippen MR) is 197 cm³/mol. The van der Waals surface area contributed by atoms with Crippen molar-refractivity contribution in [2.45, 2.75) is 92.4 Å². The van der Waals surface area contributed by atoms with Crippen LogP contribution in [0.2, 0.25) is 0 Å². The van der Waals surface area contributed by atoms with Crippen LogP contribution in [0.5, 0.6) is 0 Å². The number of ether oxygens (including phenoxy) is 5. The molecule has 0 aliphatic heterocycles. The van der Waals surface area contributed by atoms with Crippen LogP contribution < -0.4 is 0 Å². The van der Waals surface area contributed by atoms with E-state index >= 15 is 0 Å². The lowest BCUT2D eigenvalue weighted by molar-refractivity contribution is -0.870. The number of aliphatic hydroxyl groups excluding tert-OH is 1. The minimum absolute atomic E-state index is 0.0241. The molecule has 52 heavy (non-hydrogen) atoms. The summed E-state index contributed by atoms with van der Waals surface area (Å²) in [7, 11) is 3.56. The molecule has 0 aromatic heterocycles. The number of aliphatic hydroxyl groups is 1. The first kappa shape index (κ1) is 49.8. The Morgan fingerprint density at radius 3 is 1.71 bits per heavy atom. The van der Waals surface area contributed by atoms with Crippen molar-refractivity contribution in [1.82, 2.24) is 0 Å². The van der Waals surface area contributed by atoms with Crippen molar-refractivity contribution >= 4 is 43.1 Å². The molecule has 0 aromatic carbocycles. The van der Waals surface area contributed by atoms with Crippen LogP contribution in [0, 0.1) is 21.7 Å². The lowest BCUT2D eigenvalue weighted by atomic mass is 9.64. The van der Waals surface area contributed by atoms with Gasteiger partial charge in [-0.3, -0.25) is 23.7 Å². The van der Waals surface area contributed by atoms with Crippen molar-refractivity contribution in [2.75, 3.05) is 80.6 Å². The summed E-state index contributed by atoms with van der Waals surface area (Å²) in [6.07, 6.45) is 0.894. The first-order chi connectivity index (χ1) is 23.5. The summed E-state index contributed by atoms with van der Waals surface area (Å²) in [4.78, 5) is 60.8. The van der Waals surface area contributed by atoms with E-state index in [4.69, 9.17) is 39.8 Å². The van der Waals surface area contributed by atoms with Gasteiger partial charge >= 0.3 is 31.5 Å². The smallest absolute Gasteiger partial charge is 0.328 e. The Balaban J connectivity index is 5.24. The number of hydrogen-bond acceptors (Lipinski definition) is 12. The summed E-state index contributed by atoms with van der Waals surface area (Å²) in [5.74, 6) is -2.27. The topological polar surface area (TPSA) is 181 Å². The van der Waals surface area contributed by atoms with E-state index < -0.39 is 58.0 Å². The van der Waals surface area contributed by atoms with Gasteiger partial charge in [0.1, 0.15) is 31.3 Å². The quantitative estimate of drug-likeness (QED) is 0.0221. The van der Waals surface area contributed by atoms with Crippen LogP contribution in [0.3, 0.4) is 0 Å². The van der Waals surface area contributed by atoms with Crippen molar-refractivity contribution < 1.29 is 66.4 Å². The van der Waals surface area contributed by atoms with Crippen LogP contribution in [-0.4, -0.2) is 124 Å². The van der Waals surface area contributed by atoms with Crippen LogP contribution in [0.25, 0.3) is 0 Å². The number of hydrogen-bond donors (Lipinski definition) is 2. The highest BCUT2D eigenvalue weighted by Gasteiger charge is 2.49. The van der Waals surface area contributed by atoms with Gasteiger partial charge in [0.25, 0.3) is 0 Å². The van der Waals surface area contributed by atoms with Crippen molar-refractivity contribution in [3.8, 4) is 0 Å². The maximum atomic E-state index is 13.4. The summed E-state index contributed by atoms with van der Waals surface area (Å²) >= 11 is 6.48. The second-order valence-electron chi connectivity index (χ2n) is 16.4. The molecule has 0 aliphatic carbocycles. The normalized spacial score (nSPS) is 17.0. The third-order valence-corrected chi connectivity index (χ3v) is 10.6. The fourth-order valence-electron chi connectivity index (χ4n) is 5.96. The third-order valence-electron chi connectivity index (χ3n) is 8.88. The monoisotopic (exact) mass is 786 g/mol. The summed E-state index contributed by atoms with van der Waals surface area (Å²) in [5, 5.41) is 9.23. The largest absolute Gasteiger partial charge is 0.501 e. The molecule has 4 atom stereocenters. The van der Waals surface area contributed by atoms with Gasteiger partial charge in [-0.1, -0.05) is 27.4 Å². The highest BCUT2D eigenvalue weighted by molar-refractivity contribution is 7.52. The van der Waals surface area contributed by atoms with Gasteiger partial charge in [-0.2, -0.15) is 0 Å². The van der Waals surface area contributed by atoms with Gasteiger partial charge in [0.2, 0.25) is 0 Å². The molecular formula is C36H66ClNO13P+. The van der Waals surface area contributed by atoms with Gasteiger partial charge in [0.15, 0.2) is 0 Å². The Bertz CT molecular complexity index is 1260. The summed E-state index contributed by atoms with van der Waals surface area (Å²) < 4.78 is 44.7. The Kier molecular flexibility index (Phi) is 19.6.